The highest BCUT2D eigenvalue weighted by molar-refractivity contribution is 5.95. The Kier molecular flexibility index (Phi) is 6.56. The second kappa shape index (κ2) is 10.3. The van der Waals surface area contributed by atoms with Crippen LogP contribution < -0.4 is 9.47 Å². The van der Waals surface area contributed by atoms with E-state index >= 15 is 0 Å². The average Bonchev–Trinajstić information content (AvgIpc) is 3.14. The smallest absolute Gasteiger partial charge is 0.356 e. The molecule has 4 aromatic rings. The number of esters is 1. The molecule has 0 spiro atoms. The molecule has 0 N–H and O–H groups in total. The van der Waals surface area contributed by atoms with Crippen LogP contribution in [0.3, 0.4) is 0 Å². The lowest BCUT2D eigenvalue weighted by atomic mass is 9.82. The largest absolute Gasteiger partial charge is 0.491 e. The van der Waals surface area contributed by atoms with E-state index in [1.165, 1.54) is 37.7 Å². The van der Waals surface area contributed by atoms with Crippen molar-refractivity contribution in [3.8, 4) is 22.8 Å². The number of carbonyl (C=O) groups excluding carboxylic acids is 1. The van der Waals surface area contributed by atoms with Crippen molar-refractivity contribution < 1.29 is 19.0 Å². The van der Waals surface area contributed by atoms with Crippen LogP contribution in [0.15, 0.2) is 60.7 Å². The van der Waals surface area contributed by atoms with Crippen LogP contribution in [0.1, 0.15) is 66.6 Å². The van der Waals surface area contributed by atoms with Crippen LogP contribution in [0.4, 0.5) is 0 Å². The molecule has 0 amide bonds. The van der Waals surface area contributed by atoms with E-state index in [1.807, 2.05) is 43.3 Å². The lowest BCUT2D eigenvalue weighted by molar-refractivity contribution is 0.0520. The van der Waals surface area contributed by atoms with Gasteiger partial charge in [-0.15, -0.1) is 0 Å². The molecular formula is C31H32N2O4. The molecule has 2 aromatic carbocycles. The van der Waals surface area contributed by atoms with Crippen molar-refractivity contribution >= 4 is 17.0 Å². The Bertz CT molecular complexity index is 1420. The van der Waals surface area contributed by atoms with Crippen LogP contribution in [-0.2, 0) is 17.9 Å². The molecule has 2 aromatic heterocycles. The maximum absolute atomic E-state index is 12.5. The van der Waals surface area contributed by atoms with Gasteiger partial charge in [0.15, 0.2) is 5.69 Å². The summed E-state index contributed by atoms with van der Waals surface area (Å²) in [5, 5.41) is 1.13. The van der Waals surface area contributed by atoms with Crippen molar-refractivity contribution in [3.05, 3.63) is 77.5 Å². The molecule has 1 aliphatic carbocycles. The fraction of sp³-hybridized carbons (Fsp3) is 0.355. The minimum absolute atomic E-state index is 0.327. The Labute approximate surface area is 217 Å². The first-order valence-electron chi connectivity index (χ1n) is 13.4. The zero-order valence-electron chi connectivity index (χ0n) is 21.2. The molecule has 0 unspecified atom stereocenters. The number of carbonyl (C=O) groups is 1. The molecule has 37 heavy (non-hydrogen) atoms. The topological polar surface area (TPSA) is 62.6 Å². The number of ether oxygens (including phenoxy) is 3. The van der Waals surface area contributed by atoms with Crippen molar-refractivity contribution in [1.82, 2.24) is 9.55 Å². The fourth-order valence-electron chi connectivity index (χ4n) is 5.77. The van der Waals surface area contributed by atoms with Gasteiger partial charge in [0.2, 0.25) is 0 Å². The van der Waals surface area contributed by atoms with Gasteiger partial charge < -0.3 is 18.8 Å². The zero-order valence-corrected chi connectivity index (χ0v) is 21.2. The van der Waals surface area contributed by atoms with E-state index < -0.39 is 0 Å². The Hall–Kier alpha value is -3.80. The lowest BCUT2D eigenvalue weighted by Gasteiger charge is -2.23. The summed E-state index contributed by atoms with van der Waals surface area (Å²) in [5.74, 6) is 1.69. The minimum atomic E-state index is -0.385. The van der Waals surface area contributed by atoms with Gasteiger partial charge in [-0.2, -0.15) is 0 Å². The molecular weight excluding hydrogens is 464 g/mol. The molecule has 6 rings (SSSR count). The Morgan fingerprint density at radius 2 is 1.89 bits per heavy atom. The van der Waals surface area contributed by atoms with Crippen molar-refractivity contribution in [2.75, 3.05) is 13.2 Å². The molecule has 1 aliphatic heterocycles. The molecule has 6 nitrogen and oxygen atoms in total. The predicted molar refractivity (Wildman–Crippen MR) is 143 cm³/mol. The molecule has 2 aliphatic rings. The van der Waals surface area contributed by atoms with Gasteiger partial charge >= 0.3 is 5.97 Å². The van der Waals surface area contributed by atoms with Gasteiger partial charge in [-0.05, 0) is 61.1 Å². The highest BCUT2D eigenvalue weighted by Gasteiger charge is 2.30. The third-order valence-corrected chi connectivity index (χ3v) is 7.47. The predicted octanol–water partition coefficient (Wildman–Crippen LogP) is 6.90. The molecule has 0 bridgehead atoms. The van der Waals surface area contributed by atoms with E-state index in [0.29, 0.717) is 38.0 Å². The molecule has 1 fully saturated rings. The summed E-state index contributed by atoms with van der Waals surface area (Å²) in [4.78, 5) is 17.3. The Balaban J connectivity index is 1.45. The number of hydrogen-bond acceptors (Lipinski definition) is 5. The summed E-state index contributed by atoms with van der Waals surface area (Å²) in [6.45, 7) is 3.82. The molecule has 0 atom stereocenters. The van der Waals surface area contributed by atoms with E-state index in [1.54, 1.807) is 0 Å². The summed E-state index contributed by atoms with van der Waals surface area (Å²) >= 11 is 0. The van der Waals surface area contributed by atoms with Gasteiger partial charge in [-0.25, -0.2) is 9.78 Å². The summed E-state index contributed by atoms with van der Waals surface area (Å²) in [6.07, 6.45) is 6.10. The zero-order chi connectivity index (χ0) is 25.2. The van der Waals surface area contributed by atoms with Crippen molar-refractivity contribution in [2.45, 2.75) is 58.1 Å². The minimum Gasteiger partial charge on any atom is -0.491 e. The molecule has 1 saturated carbocycles. The first-order valence-corrected chi connectivity index (χ1v) is 13.4. The van der Waals surface area contributed by atoms with Crippen LogP contribution in [0.25, 0.3) is 22.3 Å². The van der Waals surface area contributed by atoms with Crippen molar-refractivity contribution in [1.29, 1.82) is 0 Å². The van der Waals surface area contributed by atoms with E-state index in [-0.39, 0.29) is 5.97 Å². The van der Waals surface area contributed by atoms with Gasteiger partial charge in [-0.3, -0.25) is 0 Å². The standard InChI is InChI=1S/C31H32N2O4/c1-2-35-31(34)26-16-15-25-28(22-11-7-4-8-12-22)29-24-14-13-23(37-20-21-9-5-3-6-10-21)19-27(24)36-18-17-33(29)30(25)32-26/h3,5-6,9-10,13-16,19,22H,2,4,7-8,11-12,17-18,20H2,1H3. The summed E-state index contributed by atoms with van der Waals surface area (Å²) in [5.41, 5.74) is 5.86. The van der Waals surface area contributed by atoms with E-state index in [4.69, 9.17) is 19.2 Å². The molecule has 3 heterocycles. The summed E-state index contributed by atoms with van der Waals surface area (Å²) < 4.78 is 19.9. The number of rotatable bonds is 6. The molecule has 190 valence electrons. The maximum atomic E-state index is 12.5. The molecule has 6 heteroatoms. The normalized spacial score (nSPS) is 15.4. The van der Waals surface area contributed by atoms with E-state index in [9.17, 15) is 4.79 Å². The van der Waals surface area contributed by atoms with Gasteiger partial charge in [0.1, 0.15) is 30.4 Å². The first-order chi connectivity index (χ1) is 18.2. The highest BCUT2D eigenvalue weighted by atomic mass is 16.5. The van der Waals surface area contributed by atoms with Crippen LogP contribution in [0.5, 0.6) is 11.5 Å². The lowest BCUT2D eigenvalue weighted by Crippen LogP contribution is -2.10. The van der Waals surface area contributed by atoms with Crippen LogP contribution >= 0.6 is 0 Å². The SMILES string of the molecule is CCOC(=O)c1ccc2c(C3CCCCC3)c3n(c2n1)CCOc1cc(OCc2ccccc2)ccc1-3. The number of pyridine rings is 1. The quantitative estimate of drug-likeness (QED) is 0.272. The van der Waals surface area contributed by atoms with E-state index in [2.05, 4.69) is 28.8 Å². The monoisotopic (exact) mass is 496 g/mol. The second-order valence-corrected chi connectivity index (χ2v) is 9.82. The number of nitrogens with zero attached hydrogens (tertiary/aromatic N) is 2. The Morgan fingerprint density at radius 1 is 1.05 bits per heavy atom. The first kappa shape index (κ1) is 23.6. The number of aromatic nitrogens is 2. The number of benzene rings is 2. The van der Waals surface area contributed by atoms with Crippen molar-refractivity contribution in [3.63, 3.8) is 0 Å². The van der Waals surface area contributed by atoms with Crippen LogP contribution in [-0.4, -0.2) is 28.7 Å². The maximum Gasteiger partial charge on any atom is 0.356 e. The second-order valence-electron chi connectivity index (χ2n) is 9.82. The van der Waals surface area contributed by atoms with Gasteiger partial charge in [-0.1, -0.05) is 49.6 Å². The van der Waals surface area contributed by atoms with Crippen LogP contribution in [0, 0.1) is 0 Å². The fourth-order valence-corrected chi connectivity index (χ4v) is 5.77. The highest BCUT2D eigenvalue weighted by Crippen LogP contribution is 2.47. The number of hydrogen-bond donors (Lipinski definition) is 0. The van der Waals surface area contributed by atoms with Crippen molar-refractivity contribution in [2.24, 2.45) is 0 Å². The summed E-state index contributed by atoms with van der Waals surface area (Å²) in [6, 6.07) is 20.2. The summed E-state index contributed by atoms with van der Waals surface area (Å²) in [7, 11) is 0. The third kappa shape index (κ3) is 4.57. The average molecular weight is 497 g/mol. The Morgan fingerprint density at radius 3 is 2.70 bits per heavy atom. The number of fused-ring (bicyclic) bond motifs is 5. The third-order valence-electron chi connectivity index (χ3n) is 7.47. The van der Waals surface area contributed by atoms with Gasteiger partial charge in [0, 0.05) is 17.0 Å². The van der Waals surface area contributed by atoms with Gasteiger partial charge in [0.25, 0.3) is 0 Å². The van der Waals surface area contributed by atoms with E-state index in [0.717, 1.165) is 39.4 Å². The van der Waals surface area contributed by atoms with Gasteiger partial charge in [0.05, 0.1) is 18.8 Å². The molecule has 0 radical (unpaired) electrons. The van der Waals surface area contributed by atoms with Crippen LogP contribution in [0.2, 0.25) is 0 Å². The molecule has 0 saturated heterocycles.